The largest absolute Gasteiger partial charge is 0.368 e. The number of amides is 1. The lowest BCUT2D eigenvalue weighted by atomic mass is 10.1. The molecule has 12 heavy (non-hydrogen) atoms. The van der Waals surface area contributed by atoms with E-state index in [1.807, 2.05) is 0 Å². The highest BCUT2D eigenvalue weighted by molar-refractivity contribution is 5.79. The summed E-state index contributed by atoms with van der Waals surface area (Å²) in [5.74, 6) is 5.12. The first kappa shape index (κ1) is 11.4. The van der Waals surface area contributed by atoms with Gasteiger partial charge in [-0.3, -0.25) is 10.6 Å². The Hall–Kier alpha value is -0.610. The zero-order chi connectivity index (χ0) is 9.56. The maximum atomic E-state index is 10.8. The van der Waals surface area contributed by atoms with Crippen LogP contribution in [0, 0.1) is 0 Å². The summed E-state index contributed by atoms with van der Waals surface area (Å²) < 4.78 is 0. The number of hydrogen-bond acceptors (Lipinski definition) is 3. The van der Waals surface area contributed by atoms with Crippen LogP contribution < -0.4 is 11.6 Å². The molecular formula is C8H19N3O. The maximum Gasteiger partial charge on any atom is 0.236 e. The molecule has 1 amide bonds. The van der Waals surface area contributed by atoms with Crippen molar-refractivity contribution in [3.63, 3.8) is 0 Å². The van der Waals surface area contributed by atoms with Crippen molar-refractivity contribution in [3.05, 3.63) is 0 Å². The summed E-state index contributed by atoms with van der Waals surface area (Å²) in [7, 11) is 1.67. The minimum Gasteiger partial charge on any atom is -0.368 e. The van der Waals surface area contributed by atoms with Gasteiger partial charge in [-0.05, 0) is 6.42 Å². The molecule has 4 heteroatoms. The van der Waals surface area contributed by atoms with Gasteiger partial charge in [-0.15, -0.1) is 0 Å². The van der Waals surface area contributed by atoms with Crippen molar-refractivity contribution in [2.75, 3.05) is 7.05 Å². The number of carbonyl (C=O) groups excluding carboxylic acids is 1. The minimum atomic E-state index is -0.337. The summed E-state index contributed by atoms with van der Waals surface area (Å²) >= 11 is 0. The topological polar surface area (TPSA) is 72.4 Å². The van der Waals surface area contributed by atoms with Crippen molar-refractivity contribution in [2.24, 2.45) is 11.6 Å². The molecule has 0 heterocycles. The fourth-order valence-corrected chi connectivity index (χ4v) is 1.13. The summed E-state index contributed by atoms with van der Waals surface area (Å²) in [6.45, 7) is 2.12. The Balaban J connectivity index is 3.72. The number of likely N-dealkylation sites (N-methyl/N-ethyl adjacent to an activating group) is 1. The van der Waals surface area contributed by atoms with Crippen molar-refractivity contribution in [3.8, 4) is 0 Å². The van der Waals surface area contributed by atoms with Crippen molar-refractivity contribution in [2.45, 2.75) is 38.6 Å². The first-order chi connectivity index (χ1) is 5.59. The summed E-state index contributed by atoms with van der Waals surface area (Å²) in [5, 5.41) is 1.39. The van der Waals surface area contributed by atoms with Gasteiger partial charge in [-0.1, -0.05) is 26.2 Å². The van der Waals surface area contributed by atoms with Crippen LogP contribution in [0.5, 0.6) is 0 Å². The average Bonchev–Trinajstić information content (AvgIpc) is 1.96. The molecule has 72 valence electrons. The highest BCUT2D eigenvalue weighted by Crippen LogP contribution is 2.05. The molecule has 0 aliphatic heterocycles. The van der Waals surface area contributed by atoms with E-state index in [1.54, 1.807) is 7.05 Å². The summed E-state index contributed by atoms with van der Waals surface area (Å²) in [4.78, 5) is 10.8. The zero-order valence-electron chi connectivity index (χ0n) is 7.92. The number of hydrazine groups is 1. The predicted octanol–water partition coefficient (Wildman–Crippen LogP) is 0.226. The van der Waals surface area contributed by atoms with Crippen molar-refractivity contribution < 1.29 is 4.79 Å². The number of hydrogen-bond donors (Lipinski definition) is 2. The lowest BCUT2D eigenvalue weighted by Gasteiger charge is -2.19. The van der Waals surface area contributed by atoms with E-state index in [9.17, 15) is 4.79 Å². The quantitative estimate of drug-likeness (QED) is 0.343. The van der Waals surface area contributed by atoms with E-state index >= 15 is 0 Å². The second-order valence-electron chi connectivity index (χ2n) is 3.08. The van der Waals surface area contributed by atoms with Gasteiger partial charge >= 0.3 is 0 Å². The van der Waals surface area contributed by atoms with Crippen LogP contribution in [0.25, 0.3) is 0 Å². The number of nitrogens with zero attached hydrogens (tertiary/aromatic N) is 1. The predicted molar refractivity (Wildman–Crippen MR) is 49.1 cm³/mol. The van der Waals surface area contributed by atoms with Crippen LogP contribution in [0.4, 0.5) is 0 Å². The van der Waals surface area contributed by atoms with Gasteiger partial charge in [0.1, 0.15) is 6.04 Å². The molecule has 0 aromatic rings. The highest BCUT2D eigenvalue weighted by Gasteiger charge is 2.16. The minimum absolute atomic E-state index is 0.309. The SMILES string of the molecule is CCCCCC(C(N)=O)N(C)N. The number of unbranched alkanes of at least 4 members (excludes halogenated alkanes) is 2. The molecule has 1 unspecified atom stereocenters. The Morgan fingerprint density at radius 2 is 2.08 bits per heavy atom. The Morgan fingerprint density at radius 1 is 1.50 bits per heavy atom. The van der Waals surface area contributed by atoms with Crippen LogP contribution in [-0.4, -0.2) is 24.0 Å². The van der Waals surface area contributed by atoms with E-state index in [0.29, 0.717) is 0 Å². The van der Waals surface area contributed by atoms with Gasteiger partial charge in [0.25, 0.3) is 0 Å². The maximum absolute atomic E-state index is 10.8. The normalized spacial score (nSPS) is 13.3. The first-order valence-corrected chi connectivity index (χ1v) is 4.36. The first-order valence-electron chi connectivity index (χ1n) is 4.36. The van der Waals surface area contributed by atoms with Crippen LogP contribution in [0.1, 0.15) is 32.6 Å². The highest BCUT2D eigenvalue weighted by atomic mass is 16.1. The van der Waals surface area contributed by atoms with Gasteiger partial charge in [0.15, 0.2) is 0 Å². The molecule has 0 fully saturated rings. The second kappa shape index (κ2) is 5.97. The third-order valence-corrected chi connectivity index (χ3v) is 1.90. The van der Waals surface area contributed by atoms with E-state index in [4.69, 9.17) is 11.6 Å². The van der Waals surface area contributed by atoms with Crippen LogP contribution in [0.3, 0.4) is 0 Å². The smallest absolute Gasteiger partial charge is 0.236 e. The van der Waals surface area contributed by atoms with Crippen LogP contribution >= 0.6 is 0 Å². The molecule has 0 saturated carbocycles. The monoisotopic (exact) mass is 173 g/mol. The van der Waals surface area contributed by atoms with Crippen molar-refractivity contribution in [1.82, 2.24) is 5.01 Å². The van der Waals surface area contributed by atoms with Crippen LogP contribution in [0.2, 0.25) is 0 Å². The number of carbonyl (C=O) groups is 1. The molecule has 0 rings (SSSR count). The molecule has 0 aliphatic carbocycles. The molecule has 4 N–H and O–H groups in total. The van der Waals surface area contributed by atoms with E-state index in [0.717, 1.165) is 25.7 Å². The Bertz CT molecular complexity index is 136. The van der Waals surface area contributed by atoms with Gasteiger partial charge < -0.3 is 5.73 Å². The summed E-state index contributed by atoms with van der Waals surface area (Å²) in [6, 6.07) is -0.309. The molecule has 0 saturated heterocycles. The third-order valence-electron chi connectivity index (χ3n) is 1.90. The molecule has 0 aromatic heterocycles. The van der Waals surface area contributed by atoms with Crippen molar-refractivity contribution in [1.29, 1.82) is 0 Å². The average molecular weight is 173 g/mol. The fraction of sp³-hybridized carbons (Fsp3) is 0.875. The Labute approximate surface area is 73.9 Å². The molecule has 0 aromatic carbocycles. The molecule has 4 nitrogen and oxygen atoms in total. The standard InChI is InChI=1S/C8H19N3O/c1-3-4-5-6-7(8(9)12)11(2)10/h7H,3-6,10H2,1-2H3,(H2,9,12). The van der Waals surface area contributed by atoms with Gasteiger partial charge in [0, 0.05) is 7.05 Å². The van der Waals surface area contributed by atoms with E-state index in [-0.39, 0.29) is 11.9 Å². The molecule has 0 aliphatic rings. The van der Waals surface area contributed by atoms with Gasteiger partial charge in [-0.2, -0.15) is 0 Å². The number of rotatable bonds is 6. The molecule has 1 atom stereocenters. The van der Waals surface area contributed by atoms with Gasteiger partial charge in [0.05, 0.1) is 0 Å². The second-order valence-corrected chi connectivity index (χ2v) is 3.08. The Morgan fingerprint density at radius 3 is 2.42 bits per heavy atom. The van der Waals surface area contributed by atoms with Crippen LogP contribution in [0.15, 0.2) is 0 Å². The van der Waals surface area contributed by atoms with Crippen molar-refractivity contribution >= 4 is 5.91 Å². The fourth-order valence-electron chi connectivity index (χ4n) is 1.13. The van der Waals surface area contributed by atoms with Gasteiger partial charge in [-0.25, -0.2) is 5.01 Å². The zero-order valence-corrected chi connectivity index (χ0v) is 7.92. The molecule has 0 spiro atoms. The summed E-state index contributed by atoms with van der Waals surface area (Å²) in [6.07, 6.45) is 4.03. The lowest BCUT2D eigenvalue weighted by Crippen LogP contribution is -2.46. The lowest BCUT2D eigenvalue weighted by molar-refractivity contribution is -0.123. The Kier molecular flexibility index (Phi) is 5.66. The van der Waals surface area contributed by atoms with E-state index in [1.165, 1.54) is 5.01 Å². The molecular weight excluding hydrogens is 154 g/mol. The van der Waals surface area contributed by atoms with Gasteiger partial charge in [0.2, 0.25) is 5.91 Å². The van der Waals surface area contributed by atoms with E-state index < -0.39 is 0 Å². The third kappa shape index (κ3) is 4.31. The van der Waals surface area contributed by atoms with E-state index in [2.05, 4.69) is 6.92 Å². The number of primary amides is 1. The van der Waals surface area contributed by atoms with Crippen LogP contribution in [-0.2, 0) is 4.79 Å². The molecule has 0 radical (unpaired) electrons. The molecule has 0 bridgehead atoms. The summed E-state index contributed by atoms with van der Waals surface area (Å²) in [5.41, 5.74) is 5.16. The number of nitrogens with two attached hydrogens (primary N) is 2.